The molecule has 0 fully saturated rings. The molecule has 0 aliphatic rings. The fraction of sp³-hybridized carbons (Fsp3) is 0.263. The molecule has 0 atom stereocenters. The first-order valence-corrected chi connectivity index (χ1v) is 8.22. The highest BCUT2D eigenvalue weighted by atomic mass is 19.1. The van der Waals surface area contributed by atoms with Gasteiger partial charge in [0.05, 0.1) is 12.2 Å². The van der Waals surface area contributed by atoms with Gasteiger partial charge in [-0.2, -0.15) is 0 Å². The number of nitrogens with zero attached hydrogens (tertiary/aromatic N) is 1. The van der Waals surface area contributed by atoms with Crippen LogP contribution in [-0.4, -0.2) is 36.3 Å². The van der Waals surface area contributed by atoms with Crippen molar-refractivity contribution >= 4 is 23.2 Å². The Bertz CT molecular complexity index is 745. The Morgan fingerprint density at radius 2 is 1.76 bits per heavy atom. The van der Waals surface area contributed by atoms with E-state index in [4.69, 9.17) is 0 Å². The van der Waals surface area contributed by atoms with Crippen LogP contribution in [0.5, 0.6) is 0 Å². The zero-order valence-corrected chi connectivity index (χ0v) is 14.4. The Morgan fingerprint density at radius 3 is 2.44 bits per heavy atom. The maximum absolute atomic E-state index is 13.5. The predicted molar refractivity (Wildman–Crippen MR) is 97.2 cm³/mol. The number of hydrogen-bond donors (Lipinski definition) is 2. The minimum Gasteiger partial charge on any atom is -0.374 e. The highest BCUT2D eigenvalue weighted by Crippen LogP contribution is 2.14. The summed E-state index contributed by atoms with van der Waals surface area (Å²) in [6, 6.07) is 12.9. The minimum absolute atomic E-state index is 0.0743. The molecular formula is C19H22FN3O2. The number of nitrogens with one attached hydrogen (secondary N) is 2. The molecule has 0 saturated carbocycles. The van der Waals surface area contributed by atoms with Crippen LogP contribution in [0.25, 0.3) is 0 Å². The highest BCUT2D eigenvalue weighted by Gasteiger charge is 2.13. The van der Waals surface area contributed by atoms with Crippen LogP contribution in [0.4, 0.5) is 15.8 Å². The van der Waals surface area contributed by atoms with Crippen molar-refractivity contribution in [1.82, 2.24) is 4.90 Å². The summed E-state index contributed by atoms with van der Waals surface area (Å²) in [5.74, 6) is -0.816. The summed E-state index contributed by atoms with van der Waals surface area (Å²) in [5, 5.41) is 5.45. The monoisotopic (exact) mass is 343 g/mol. The van der Waals surface area contributed by atoms with Crippen molar-refractivity contribution in [2.45, 2.75) is 13.8 Å². The minimum atomic E-state index is -0.415. The number of amides is 2. The van der Waals surface area contributed by atoms with Crippen molar-refractivity contribution < 1.29 is 14.0 Å². The maximum Gasteiger partial charge on any atom is 0.253 e. The lowest BCUT2D eigenvalue weighted by Crippen LogP contribution is -2.30. The van der Waals surface area contributed by atoms with Crippen LogP contribution in [0.3, 0.4) is 0 Å². The molecule has 0 bridgehead atoms. The fourth-order valence-electron chi connectivity index (χ4n) is 2.41. The number of rotatable bonds is 7. The molecule has 2 amide bonds. The summed E-state index contributed by atoms with van der Waals surface area (Å²) in [7, 11) is 0. The number of hydrogen-bond acceptors (Lipinski definition) is 3. The van der Waals surface area contributed by atoms with Gasteiger partial charge in [-0.1, -0.05) is 18.2 Å². The van der Waals surface area contributed by atoms with E-state index in [2.05, 4.69) is 10.6 Å². The first kappa shape index (κ1) is 18.4. The van der Waals surface area contributed by atoms with Crippen LogP contribution >= 0.6 is 0 Å². The van der Waals surface area contributed by atoms with E-state index in [-0.39, 0.29) is 24.0 Å². The van der Waals surface area contributed by atoms with Gasteiger partial charge in [-0.3, -0.25) is 9.59 Å². The van der Waals surface area contributed by atoms with E-state index in [1.54, 1.807) is 47.4 Å². The summed E-state index contributed by atoms with van der Waals surface area (Å²) in [5.41, 5.74) is 1.31. The SMILES string of the molecule is CCN(CC)C(=O)c1cccc(NC(=O)CNc2ccccc2F)c1. The summed E-state index contributed by atoms with van der Waals surface area (Å²) in [6.45, 7) is 5.01. The van der Waals surface area contributed by atoms with Gasteiger partial charge in [0.2, 0.25) is 5.91 Å². The van der Waals surface area contributed by atoms with E-state index < -0.39 is 5.82 Å². The second-order valence-corrected chi connectivity index (χ2v) is 5.44. The van der Waals surface area contributed by atoms with E-state index in [1.165, 1.54) is 6.07 Å². The van der Waals surface area contributed by atoms with Crippen molar-refractivity contribution in [2.75, 3.05) is 30.3 Å². The lowest BCUT2D eigenvalue weighted by Gasteiger charge is -2.19. The van der Waals surface area contributed by atoms with Crippen molar-refractivity contribution in [2.24, 2.45) is 0 Å². The Kier molecular flexibility index (Phi) is 6.51. The average Bonchev–Trinajstić information content (AvgIpc) is 2.62. The number of anilines is 2. The molecule has 2 N–H and O–H groups in total. The normalized spacial score (nSPS) is 10.2. The molecule has 0 aliphatic heterocycles. The standard InChI is InChI=1S/C19H22FN3O2/c1-3-23(4-2)19(25)14-8-7-9-15(12-14)22-18(24)13-21-17-11-6-5-10-16(17)20/h5-12,21H,3-4,13H2,1-2H3,(H,22,24). The molecule has 0 heterocycles. The number of halogens is 1. The lowest BCUT2D eigenvalue weighted by molar-refractivity contribution is -0.114. The molecule has 0 saturated heterocycles. The third-order valence-electron chi connectivity index (χ3n) is 3.76. The number of carbonyl (C=O) groups excluding carboxylic acids is 2. The number of carbonyl (C=O) groups is 2. The predicted octanol–water partition coefficient (Wildman–Crippen LogP) is 3.36. The van der Waals surface area contributed by atoms with Crippen LogP contribution in [0, 0.1) is 5.82 Å². The van der Waals surface area contributed by atoms with Crippen molar-refractivity contribution in [3.8, 4) is 0 Å². The molecule has 132 valence electrons. The molecule has 0 radical (unpaired) electrons. The Morgan fingerprint density at radius 1 is 1.04 bits per heavy atom. The van der Waals surface area contributed by atoms with Crippen LogP contribution in [-0.2, 0) is 4.79 Å². The lowest BCUT2D eigenvalue weighted by atomic mass is 10.1. The second-order valence-electron chi connectivity index (χ2n) is 5.44. The van der Waals surface area contributed by atoms with Gasteiger partial charge in [0.15, 0.2) is 0 Å². The summed E-state index contributed by atoms with van der Waals surface area (Å²) >= 11 is 0. The maximum atomic E-state index is 13.5. The largest absolute Gasteiger partial charge is 0.374 e. The zero-order valence-electron chi connectivity index (χ0n) is 14.4. The van der Waals surface area contributed by atoms with Crippen molar-refractivity contribution in [3.63, 3.8) is 0 Å². The summed E-state index contributed by atoms with van der Waals surface area (Å²) in [4.78, 5) is 26.1. The van der Waals surface area contributed by atoms with Crippen LogP contribution in [0.2, 0.25) is 0 Å². The van der Waals surface area contributed by atoms with Gasteiger partial charge in [-0.25, -0.2) is 4.39 Å². The number of para-hydroxylation sites is 1. The van der Waals surface area contributed by atoms with Crippen molar-refractivity contribution in [3.05, 3.63) is 59.9 Å². The smallest absolute Gasteiger partial charge is 0.253 e. The Labute approximate surface area is 146 Å². The fourth-order valence-corrected chi connectivity index (χ4v) is 2.41. The number of benzene rings is 2. The van der Waals surface area contributed by atoms with Gasteiger partial charge in [-0.15, -0.1) is 0 Å². The molecule has 25 heavy (non-hydrogen) atoms. The highest BCUT2D eigenvalue weighted by molar-refractivity contribution is 5.98. The van der Waals surface area contributed by atoms with E-state index in [9.17, 15) is 14.0 Å². The van der Waals surface area contributed by atoms with Crippen LogP contribution in [0.1, 0.15) is 24.2 Å². The quantitative estimate of drug-likeness (QED) is 0.810. The van der Waals surface area contributed by atoms with Gasteiger partial charge in [0.1, 0.15) is 5.82 Å². The van der Waals surface area contributed by atoms with Crippen molar-refractivity contribution in [1.29, 1.82) is 0 Å². The van der Waals surface area contributed by atoms with E-state index >= 15 is 0 Å². The molecule has 5 nitrogen and oxygen atoms in total. The van der Waals surface area contributed by atoms with E-state index in [0.29, 0.717) is 24.3 Å². The molecule has 6 heteroatoms. The topological polar surface area (TPSA) is 61.4 Å². The molecule has 0 unspecified atom stereocenters. The second kappa shape index (κ2) is 8.82. The molecule has 0 spiro atoms. The third-order valence-corrected chi connectivity index (χ3v) is 3.76. The molecule has 0 aliphatic carbocycles. The van der Waals surface area contributed by atoms with E-state index in [0.717, 1.165) is 0 Å². The molecular weight excluding hydrogens is 321 g/mol. The molecule has 2 rings (SSSR count). The van der Waals surface area contributed by atoms with E-state index in [1.807, 2.05) is 13.8 Å². The van der Waals surface area contributed by atoms with Crippen LogP contribution in [0.15, 0.2) is 48.5 Å². The summed E-state index contributed by atoms with van der Waals surface area (Å²) in [6.07, 6.45) is 0. The van der Waals surface area contributed by atoms with Gasteiger partial charge in [-0.05, 0) is 44.2 Å². The van der Waals surface area contributed by atoms with Crippen LogP contribution < -0.4 is 10.6 Å². The zero-order chi connectivity index (χ0) is 18.2. The Balaban J connectivity index is 1.98. The Hall–Kier alpha value is -2.89. The third kappa shape index (κ3) is 5.04. The van der Waals surface area contributed by atoms with Gasteiger partial charge < -0.3 is 15.5 Å². The first-order valence-electron chi connectivity index (χ1n) is 8.22. The average molecular weight is 343 g/mol. The van der Waals surface area contributed by atoms with Gasteiger partial charge >= 0.3 is 0 Å². The van der Waals surface area contributed by atoms with Gasteiger partial charge in [0.25, 0.3) is 5.91 Å². The molecule has 2 aromatic rings. The van der Waals surface area contributed by atoms with Gasteiger partial charge in [0, 0.05) is 24.3 Å². The summed E-state index contributed by atoms with van der Waals surface area (Å²) < 4.78 is 13.5. The molecule has 2 aromatic carbocycles. The molecule has 0 aromatic heterocycles. The first-order chi connectivity index (χ1) is 12.0.